The quantitative estimate of drug-likeness (QED) is 0.748. The number of anilines is 2. The van der Waals surface area contributed by atoms with Crippen LogP contribution in [0.1, 0.15) is 25.3 Å². The van der Waals surface area contributed by atoms with Crippen LogP contribution in [-0.2, 0) is 4.79 Å². The van der Waals surface area contributed by atoms with E-state index < -0.39 is 0 Å². The van der Waals surface area contributed by atoms with Gasteiger partial charge in [0.15, 0.2) is 5.82 Å². The summed E-state index contributed by atoms with van der Waals surface area (Å²) in [6.45, 7) is 5.56. The Morgan fingerprint density at radius 3 is 2.52 bits per heavy atom. The van der Waals surface area contributed by atoms with E-state index in [1.54, 1.807) is 11.0 Å². The lowest BCUT2D eigenvalue weighted by Gasteiger charge is -2.39. The molecule has 4 rings (SSSR count). The van der Waals surface area contributed by atoms with Gasteiger partial charge in [0.1, 0.15) is 24.8 Å². The Morgan fingerprint density at radius 1 is 1.11 bits per heavy atom. The molecule has 2 aromatic heterocycles. The lowest BCUT2D eigenvalue weighted by Crippen LogP contribution is -2.52. The van der Waals surface area contributed by atoms with Crippen LogP contribution in [-0.4, -0.2) is 43.7 Å². The van der Waals surface area contributed by atoms with Gasteiger partial charge in [-0.25, -0.2) is 19.6 Å². The summed E-state index contributed by atoms with van der Waals surface area (Å²) >= 11 is 0. The average molecular weight is 363 g/mol. The fourth-order valence-electron chi connectivity index (χ4n) is 2.99. The highest BCUT2D eigenvalue weighted by atomic mass is 16.2. The van der Waals surface area contributed by atoms with Gasteiger partial charge in [-0.1, -0.05) is 26.0 Å². The zero-order valence-electron chi connectivity index (χ0n) is 15.3. The third-order valence-electron chi connectivity index (χ3n) is 4.71. The van der Waals surface area contributed by atoms with E-state index in [1.807, 2.05) is 23.1 Å². The molecular weight excluding hydrogens is 342 g/mol. The van der Waals surface area contributed by atoms with Crippen molar-refractivity contribution in [3.05, 3.63) is 54.9 Å². The first kappa shape index (κ1) is 17.1. The molecule has 0 spiro atoms. The summed E-state index contributed by atoms with van der Waals surface area (Å²) in [4.78, 5) is 26.9. The Morgan fingerprint density at radius 2 is 1.85 bits per heavy atom. The first-order valence-electron chi connectivity index (χ1n) is 8.93. The highest BCUT2D eigenvalue weighted by Gasteiger charge is 2.33. The van der Waals surface area contributed by atoms with Crippen LogP contribution in [0.4, 0.5) is 11.5 Å². The summed E-state index contributed by atoms with van der Waals surface area (Å²) in [6.07, 6.45) is 4.54. The Kier molecular flexibility index (Phi) is 4.53. The van der Waals surface area contributed by atoms with Crippen LogP contribution in [0.2, 0.25) is 0 Å². The summed E-state index contributed by atoms with van der Waals surface area (Å²) in [6, 6.07) is 9.87. The van der Waals surface area contributed by atoms with Gasteiger partial charge in [0.2, 0.25) is 5.91 Å². The number of nitrogens with one attached hydrogen (secondary N) is 1. The number of carbonyl (C=O) groups excluding carboxylic acids is 1. The van der Waals surface area contributed by atoms with Gasteiger partial charge in [-0.15, -0.1) is 0 Å². The highest BCUT2D eigenvalue weighted by molar-refractivity contribution is 5.94. The van der Waals surface area contributed by atoms with Crippen LogP contribution in [0, 0.1) is 5.92 Å². The SMILES string of the molecule is CC(C)c1ccc(NC(=O)C2CN(c3cc(-n4cncn4)ncn3)C2)cc1. The van der Waals surface area contributed by atoms with Crippen molar-refractivity contribution in [2.24, 2.45) is 5.92 Å². The zero-order chi connectivity index (χ0) is 18.8. The second-order valence-corrected chi connectivity index (χ2v) is 6.94. The monoisotopic (exact) mass is 363 g/mol. The van der Waals surface area contributed by atoms with Crippen molar-refractivity contribution >= 4 is 17.4 Å². The van der Waals surface area contributed by atoms with Crippen molar-refractivity contribution in [1.82, 2.24) is 24.7 Å². The molecule has 1 saturated heterocycles. The number of benzene rings is 1. The number of carbonyl (C=O) groups is 1. The van der Waals surface area contributed by atoms with Gasteiger partial charge in [-0.05, 0) is 23.6 Å². The lowest BCUT2D eigenvalue weighted by atomic mass is 9.98. The molecule has 8 nitrogen and oxygen atoms in total. The largest absolute Gasteiger partial charge is 0.355 e. The molecule has 0 bridgehead atoms. The van der Waals surface area contributed by atoms with E-state index in [-0.39, 0.29) is 11.8 Å². The van der Waals surface area contributed by atoms with Crippen LogP contribution >= 0.6 is 0 Å². The average Bonchev–Trinajstić information content (AvgIpc) is 3.16. The van der Waals surface area contributed by atoms with Crippen LogP contribution in [0.5, 0.6) is 0 Å². The molecule has 138 valence electrons. The van der Waals surface area contributed by atoms with Gasteiger partial charge in [-0.3, -0.25) is 4.79 Å². The number of aromatic nitrogens is 5. The fourth-order valence-corrected chi connectivity index (χ4v) is 2.99. The van der Waals surface area contributed by atoms with Crippen LogP contribution in [0.15, 0.2) is 49.3 Å². The first-order valence-corrected chi connectivity index (χ1v) is 8.93. The molecule has 1 aliphatic heterocycles. The maximum absolute atomic E-state index is 12.5. The van der Waals surface area contributed by atoms with Crippen molar-refractivity contribution in [3.63, 3.8) is 0 Å². The Balaban J connectivity index is 1.35. The maximum Gasteiger partial charge on any atom is 0.231 e. The number of hydrogen-bond acceptors (Lipinski definition) is 6. The van der Waals surface area contributed by atoms with E-state index in [0.717, 1.165) is 11.5 Å². The van der Waals surface area contributed by atoms with E-state index >= 15 is 0 Å². The van der Waals surface area contributed by atoms with E-state index in [2.05, 4.69) is 51.3 Å². The molecular formula is C19H21N7O. The standard InChI is InChI=1S/C19H21N7O/c1-13(2)14-3-5-16(6-4-14)24-19(27)15-8-25(9-15)17-7-18(22-11-21-17)26-12-20-10-23-26/h3-7,10-13,15H,8-9H2,1-2H3,(H,24,27). The molecule has 8 heteroatoms. The normalized spacial score (nSPS) is 14.3. The van der Waals surface area contributed by atoms with Crippen LogP contribution in [0.25, 0.3) is 5.82 Å². The molecule has 0 saturated carbocycles. The minimum absolute atomic E-state index is 0.0362. The Labute approximate surface area is 157 Å². The fraction of sp³-hybridized carbons (Fsp3) is 0.316. The third kappa shape index (κ3) is 3.64. The number of hydrogen-bond donors (Lipinski definition) is 1. The number of nitrogens with zero attached hydrogens (tertiary/aromatic N) is 6. The molecule has 1 N–H and O–H groups in total. The van der Waals surface area contributed by atoms with Crippen molar-refractivity contribution in [1.29, 1.82) is 0 Å². The predicted octanol–water partition coefficient (Wildman–Crippen LogP) is 2.26. The maximum atomic E-state index is 12.5. The van der Waals surface area contributed by atoms with Gasteiger partial charge in [0, 0.05) is 24.8 Å². The van der Waals surface area contributed by atoms with Crippen molar-refractivity contribution in [2.45, 2.75) is 19.8 Å². The number of rotatable bonds is 5. The second-order valence-electron chi connectivity index (χ2n) is 6.94. The Bertz CT molecular complexity index is 915. The lowest BCUT2D eigenvalue weighted by molar-refractivity contribution is -0.120. The second kappa shape index (κ2) is 7.14. The van der Waals surface area contributed by atoms with Crippen molar-refractivity contribution in [2.75, 3.05) is 23.3 Å². The summed E-state index contributed by atoms with van der Waals surface area (Å²) in [5.41, 5.74) is 2.09. The van der Waals surface area contributed by atoms with Gasteiger partial charge in [0.05, 0.1) is 5.92 Å². The summed E-state index contributed by atoms with van der Waals surface area (Å²) in [5.74, 6) is 1.88. The van der Waals surface area contributed by atoms with Crippen molar-refractivity contribution in [3.8, 4) is 5.82 Å². The van der Waals surface area contributed by atoms with Crippen LogP contribution in [0.3, 0.4) is 0 Å². The molecule has 1 aromatic carbocycles. The summed E-state index contributed by atoms with van der Waals surface area (Å²) in [5, 5.41) is 7.07. The minimum Gasteiger partial charge on any atom is -0.355 e. The first-order chi connectivity index (χ1) is 13.1. The van der Waals surface area contributed by atoms with Crippen molar-refractivity contribution < 1.29 is 4.79 Å². The third-order valence-corrected chi connectivity index (χ3v) is 4.71. The van der Waals surface area contributed by atoms with E-state index in [0.29, 0.717) is 24.8 Å². The van der Waals surface area contributed by atoms with Gasteiger partial charge in [-0.2, -0.15) is 5.10 Å². The summed E-state index contributed by atoms with van der Waals surface area (Å²) < 4.78 is 1.58. The van der Waals surface area contributed by atoms with Crippen LogP contribution < -0.4 is 10.2 Å². The molecule has 27 heavy (non-hydrogen) atoms. The molecule has 0 atom stereocenters. The molecule has 0 unspecified atom stereocenters. The molecule has 0 radical (unpaired) electrons. The zero-order valence-corrected chi connectivity index (χ0v) is 15.3. The van der Waals surface area contributed by atoms with Gasteiger partial charge < -0.3 is 10.2 Å². The minimum atomic E-state index is -0.0560. The molecule has 1 aliphatic rings. The van der Waals surface area contributed by atoms with Gasteiger partial charge >= 0.3 is 0 Å². The van der Waals surface area contributed by atoms with E-state index in [9.17, 15) is 4.79 Å². The molecule has 3 heterocycles. The molecule has 1 amide bonds. The van der Waals surface area contributed by atoms with E-state index in [4.69, 9.17) is 0 Å². The predicted molar refractivity (Wildman–Crippen MR) is 102 cm³/mol. The van der Waals surface area contributed by atoms with Gasteiger partial charge in [0.25, 0.3) is 0 Å². The molecule has 3 aromatic rings. The smallest absolute Gasteiger partial charge is 0.231 e. The number of amides is 1. The highest BCUT2D eigenvalue weighted by Crippen LogP contribution is 2.25. The molecule has 1 fully saturated rings. The molecule has 0 aliphatic carbocycles. The van der Waals surface area contributed by atoms with E-state index in [1.165, 1.54) is 18.2 Å². The topological polar surface area (TPSA) is 88.8 Å². The Hall–Kier alpha value is -3.29. The summed E-state index contributed by atoms with van der Waals surface area (Å²) in [7, 11) is 0.